The minimum Gasteiger partial charge on any atom is -0.0917 e. The fraction of sp³-hybridized carbons (Fsp3) is 0.667. The zero-order valence-corrected chi connectivity index (χ0v) is 8.55. The molecular formula is C12H22. The van der Waals surface area contributed by atoms with Gasteiger partial charge in [-0.3, -0.25) is 0 Å². The van der Waals surface area contributed by atoms with Crippen molar-refractivity contribution >= 4 is 0 Å². The molecule has 0 saturated heterocycles. The van der Waals surface area contributed by atoms with E-state index in [-0.39, 0.29) is 0 Å². The molecule has 0 aliphatic heterocycles. The fourth-order valence-corrected chi connectivity index (χ4v) is 1.21. The van der Waals surface area contributed by atoms with Crippen molar-refractivity contribution in [3.8, 4) is 0 Å². The van der Waals surface area contributed by atoms with Gasteiger partial charge in [-0.05, 0) is 39.5 Å². The van der Waals surface area contributed by atoms with E-state index in [1.54, 1.807) is 0 Å². The van der Waals surface area contributed by atoms with Crippen LogP contribution < -0.4 is 0 Å². The van der Waals surface area contributed by atoms with Crippen LogP contribution in [-0.4, -0.2) is 0 Å². The standard InChI is InChI=1S/C12H22/c1-3-5-7-9-11-12-10-8-6-4-2/h3-6H,7-12H2,1-2H3/b5-3+,6-4+. The van der Waals surface area contributed by atoms with Crippen molar-refractivity contribution in [1.29, 1.82) is 0 Å². The molecule has 12 heavy (non-hydrogen) atoms. The third-order valence-corrected chi connectivity index (χ3v) is 1.96. The summed E-state index contributed by atoms with van der Waals surface area (Å²) in [5.74, 6) is 0. The summed E-state index contributed by atoms with van der Waals surface area (Å²) in [6, 6.07) is 0. The molecule has 0 aliphatic carbocycles. The van der Waals surface area contributed by atoms with E-state index in [4.69, 9.17) is 0 Å². The summed E-state index contributed by atoms with van der Waals surface area (Å²) >= 11 is 0. The minimum absolute atomic E-state index is 1.26. The Balaban J connectivity index is 2.91. The Morgan fingerprint density at radius 3 is 1.42 bits per heavy atom. The van der Waals surface area contributed by atoms with Crippen LogP contribution in [0.15, 0.2) is 24.3 Å². The van der Waals surface area contributed by atoms with E-state index < -0.39 is 0 Å². The van der Waals surface area contributed by atoms with Crippen LogP contribution in [0.2, 0.25) is 0 Å². The largest absolute Gasteiger partial charge is 0.0917 e. The van der Waals surface area contributed by atoms with E-state index >= 15 is 0 Å². The van der Waals surface area contributed by atoms with E-state index in [1.807, 2.05) is 0 Å². The molecule has 0 unspecified atom stereocenters. The van der Waals surface area contributed by atoms with Crippen LogP contribution >= 0.6 is 0 Å². The smallest absolute Gasteiger partial charge is 0.0351 e. The second-order valence-electron chi connectivity index (χ2n) is 3.13. The normalized spacial score (nSPS) is 11.8. The van der Waals surface area contributed by atoms with Crippen LogP contribution in [0, 0.1) is 0 Å². The van der Waals surface area contributed by atoms with E-state index in [9.17, 15) is 0 Å². The Morgan fingerprint density at radius 2 is 1.08 bits per heavy atom. The summed E-state index contributed by atoms with van der Waals surface area (Å²) in [6.45, 7) is 4.18. The number of hydrogen-bond donors (Lipinski definition) is 0. The number of rotatable bonds is 7. The van der Waals surface area contributed by atoms with Gasteiger partial charge >= 0.3 is 0 Å². The van der Waals surface area contributed by atoms with Gasteiger partial charge in [0, 0.05) is 0 Å². The van der Waals surface area contributed by atoms with Crippen LogP contribution in [-0.2, 0) is 0 Å². The first-order valence-corrected chi connectivity index (χ1v) is 5.14. The van der Waals surface area contributed by atoms with Crippen molar-refractivity contribution in [2.45, 2.75) is 52.4 Å². The predicted octanol–water partition coefficient (Wildman–Crippen LogP) is 4.48. The zero-order valence-electron chi connectivity index (χ0n) is 8.55. The quantitative estimate of drug-likeness (QED) is 0.386. The Kier molecular flexibility index (Phi) is 10.0. The van der Waals surface area contributed by atoms with Gasteiger partial charge in [0.15, 0.2) is 0 Å². The number of unbranched alkanes of at least 4 members (excludes halogenated alkanes) is 5. The molecule has 0 aromatic heterocycles. The monoisotopic (exact) mass is 166 g/mol. The van der Waals surface area contributed by atoms with Crippen molar-refractivity contribution in [2.75, 3.05) is 0 Å². The summed E-state index contributed by atoms with van der Waals surface area (Å²) in [7, 11) is 0. The molecule has 0 radical (unpaired) electrons. The van der Waals surface area contributed by atoms with Gasteiger partial charge in [-0.1, -0.05) is 37.1 Å². The van der Waals surface area contributed by atoms with Crippen LogP contribution in [0.3, 0.4) is 0 Å². The van der Waals surface area contributed by atoms with E-state index in [0.29, 0.717) is 0 Å². The molecule has 0 aliphatic rings. The van der Waals surface area contributed by atoms with Crippen molar-refractivity contribution in [1.82, 2.24) is 0 Å². The molecule has 0 nitrogen and oxygen atoms in total. The lowest BCUT2D eigenvalue weighted by Gasteiger charge is -1.96. The molecule has 0 heterocycles. The summed E-state index contributed by atoms with van der Waals surface area (Å²) in [4.78, 5) is 0. The van der Waals surface area contributed by atoms with Crippen molar-refractivity contribution in [3.63, 3.8) is 0 Å². The molecule has 0 aromatic rings. The highest BCUT2D eigenvalue weighted by Gasteiger charge is 1.86. The minimum atomic E-state index is 1.26. The molecule has 0 amide bonds. The lowest BCUT2D eigenvalue weighted by molar-refractivity contribution is 0.652. The van der Waals surface area contributed by atoms with Crippen molar-refractivity contribution in [3.05, 3.63) is 24.3 Å². The first-order valence-electron chi connectivity index (χ1n) is 5.14. The molecular weight excluding hydrogens is 144 g/mol. The van der Waals surface area contributed by atoms with Gasteiger partial charge < -0.3 is 0 Å². The maximum atomic E-state index is 2.26. The lowest BCUT2D eigenvalue weighted by atomic mass is 10.1. The summed E-state index contributed by atoms with van der Waals surface area (Å²) < 4.78 is 0. The highest BCUT2D eigenvalue weighted by molar-refractivity contribution is 4.77. The molecule has 70 valence electrons. The van der Waals surface area contributed by atoms with Crippen molar-refractivity contribution in [2.24, 2.45) is 0 Å². The van der Waals surface area contributed by atoms with Gasteiger partial charge in [0.05, 0.1) is 0 Å². The van der Waals surface area contributed by atoms with Crippen LogP contribution in [0.25, 0.3) is 0 Å². The first kappa shape index (κ1) is 11.5. The first-order chi connectivity index (χ1) is 5.91. The van der Waals surface area contributed by atoms with Gasteiger partial charge in [-0.25, -0.2) is 0 Å². The van der Waals surface area contributed by atoms with Gasteiger partial charge in [0.25, 0.3) is 0 Å². The Hall–Kier alpha value is -0.520. The fourth-order valence-electron chi connectivity index (χ4n) is 1.21. The molecule has 0 atom stereocenters. The van der Waals surface area contributed by atoms with Gasteiger partial charge in [-0.15, -0.1) is 0 Å². The van der Waals surface area contributed by atoms with E-state index in [1.165, 1.54) is 38.5 Å². The third-order valence-electron chi connectivity index (χ3n) is 1.96. The number of hydrogen-bond acceptors (Lipinski definition) is 0. The summed E-state index contributed by atoms with van der Waals surface area (Å²) in [5, 5.41) is 0. The van der Waals surface area contributed by atoms with Crippen molar-refractivity contribution < 1.29 is 0 Å². The molecule has 0 rings (SSSR count). The molecule has 0 heteroatoms. The Bertz CT molecular complexity index is 104. The van der Waals surface area contributed by atoms with E-state index in [2.05, 4.69) is 38.2 Å². The average Bonchev–Trinajstić information content (AvgIpc) is 2.10. The van der Waals surface area contributed by atoms with Gasteiger partial charge in [0.2, 0.25) is 0 Å². The maximum Gasteiger partial charge on any atom is -0.0351 e. The third kappa shape index (κ3) is 9.48. The lowest BCUT2D eigenvalue weighted by Crippen LogP contribution is -1.76. The molecule has 0 aromatic carbocycles. The van der Waals surface area contributed by atoms with Crippen LogP contribution in [0.1, 0.15) is 52.4 Å². The zero-order chi connectivity index (χ0) is 9.07. The van der Waals surface area contributed by atoms with Crippen LogP contribution in [0.5, 0.6) is 0 Å². The maximum absolute atomic E-state index is 2.26. The SMILES string of the molecule is C/C=C/CCCCCC/C=C/C. The van der Waals surface area contributed by atoms with Gasteiger partial charge in [-0.2, -0.15) is 0 Å². The number of allylic oxidation sites excluding steroid dienone is 4. The van der Waals surface area contributed by atoms with Crippen LogP contribution in [0.4, 0.5) is 0 Å². The highest BCUT2D eigenvalue weighted by Crippen LogP contribution is 2.06. The molecule has 0 saturated carbocycles. The molecule has 0 fully saturated rings. The van der Waals surface area contributed by atoms with Gasteiger partial charge in [0.1, 0.15) is 0 Å². The second-order valence-corrected chi connectivity index (χ2v) is 3.13. The molecule has 0 N–H and O–H groups in total. The summed E-state index contributed by atoms with van der Waals surface area (Å²) in [6.07, 6.45) is 16.8. The molecule has 0 bridgehead atoms. The predicted molar refractivity (Wildman–Crippen MR) is 57.3 cm³/mol. The summed E-state index contributed by atoms with van der Waals surface area (Å²) in [5.41, 5.74) is 0. The van der Waals surface area contributed by atoms with E-state index in [0.717, 1.165) is 0 Å². The average molecular weight is 166 g/mol. The second kappa shape index (κ2) is 10.5. The Labute approximate surface area is 77.4 Å². The molecule has 0 spiro atoms. The topological polar surface area (TPSA) is 0 Å². The highest BCUT2D eigenvalue weighted by atomic mass is 13.9. The Morgan fingerprint density at radius 1 is 0.667 bits per heavy atom.